The number of rotatable bonds is 5. The van der Waals surface area contributed by atoms with Crippen LogP contribution >= 0.6 is 0 Å². The van der Waals surface area contributed by atoms with E-state index in [0.717, 1.165) is 19.3 Å². The van der Waals surface area contributed by atoms with Crippen LogP contribution in [0.2, 0.25) is 0 Å². The molecule has 1 aromatic heterocycles. The Morgan fingerprint density at radius 3 is 2.47 bits per heavy atom. The Morgan fingerprint density at radius 1 is 1.21 bits per heavy atom. The van der Waals surface area contributed by atoms with Crippen LogP contribution in [0.1, 0.15) is 18.5 Å². The van der Waals surface area contributed by atoms with E-state index in [1.807, 2.05) is 6.33 Å². The van der Waals surface area contributed by atoms with Gasteiger partial charge in [0, 0.05) is 31.9 Å². The largest absolute Gasteiger partial charge is 0.324 e. The van der Waals surface area contributed by atoms with Gasteiger partial charge in [0.15, 0.2) is 0 Å². The molecule has 0 spiro atoms. The van der Waals surface area contributed by atoms with Crippen LogP contribution in [0.5, 0.6) is 0 Å². The predicted octanol–water partition coefficient (Wildman–Crippen LogP) is 0.928. The molecule has 0 aromatic carbocycles. The molecule has 1 aliphatic heterocycles. The van der Waals surface area contributed by atoms with Crippen molar-refractivity contribution in [1.82, 2.24) is 24.3 Å². The van der Waals surface area contributed by atoms with Gasteiger partial charge in [0.25, 0.3) is 0 Å². The van der Waals surface area contributed by atoms with E-state index in [2.05, 4.69) is 58.6 Å². The second-order valence-corrected chi connectivity index (χ2v) is 6.07. The molecule has 0 unspecified atom stereocenters. The van der Waals surface area contributed by atoms with E-state index < -0.39 is 0 Å². The standard InChI is InChI=1S/C14H27N5/c1-16(2)12-19-10-13(15-11-19)9-18-7-5-14(6-8-18)17(3)4/h10-11,14H,5-9,12H2,1-4H3. The molecule has 0 radical (unpaired) electrons. The second-order valence-electron chi connectivity index (χ2n) is 6.07. The molecule has 2 rings (SSSR count). The third kappa shape index (κ3) is 4.30. The molecule has 0 N–H and O–H groups in total. The van der Waals surface area contributed by atoms with E-state index in [4.69, 9.17) is 0 Å². The van der Waals surface area contributed by atoms with Gasteiger partial charge in [-0.1, -0.05) is 0 Å². The summed E-state index contributed by atoms with van der Waals surface area (Å²) in [4.78, 5) is 11.5. The summed E-state index contributed by atoms with van der Waals surface area (Å²) >= 11 is 0. The summed E-state index contributed by atoms with van der Waals surface area (Å²) in [5.74, 6) is 0. The Balaban J connectivity index is 1.80. The lowest BCUT2D eigenvalue weighted by atomic mass is 10.0. The highest BCUT2D eigenvalue weighted by atomic mass is 15.2. The Hall–Kier alpha value is -0.910. The fourth-order valence-electron chi connectivity index (χ4n) is 2.71. The van der Waals surface area contributed by atoms with Gasteiger partial charge < -0.3 is 9.47 Å². The van der Waals surface area contributed by atoms with Crippen molar-refractivity contribution in [1.29, 1.82) is 0 Å². The van der Waals surface area contributed by atoms with Crippen molar-refractivity contribution < 1.29 is 0 Å². The molecule has 108 valence electrons. The van der Waals surface area contributed by atoms with Gasteiger partial charge in [0.2, 0.25) is 0 Å². The maximum atomic E-state index is 4.50. The zero-order valence-electron chi connectivity index (χ0n) is 12.7. The summed E-state index contributed by atoms with van der Waals surface area (Å²) < 4.78 is 2.14. The molecular weight excluding hydrogens is 238 g/mol. The average molecular weight is 265 g/mol. The molecule has 19 heavy (non-hydrogen) atoms. The topological polar surface area (TPSA) is 27.5 Å². The highest BCUT2D eigenvalue weighted by Crippen LogP contribution is 2.15. The number of imidazole rings is 1. The van der Waals surface area contributed by atoms with Crippen molar-refractivity contribution >= 4 is 0 Å². The quantitative estimate of drug-likeness (QED) is 0.791. The third-order valence-electron chi connectivity index (χ3n) is 3.81. The first-order valence-electron chi connectivity index (χ1n) is 7.09. The number of piperidine rings is 1. The lowest BCUT2D eigenvalue weighted by molar-refractivity contribution is 0.139. The van der Waals surface area contributed by atoms with Gasteiger partial charge in [-0.2, -0.15) is 0 Å². The number of nitrogens with zero attached hydrogens (tertiary/aromatic N) is 5. The van der Waals surface area contributed by atoms with Gasteiger partial charge >= 0.3 is 0 Å². The van der Waals surface area contributed by atoms with Crippen LogP contribution in [-0.4, -0.2) is 71.6 Å². The molecule has 0 atom stereocenters. The third-order valence-corrected chi connectivity index (χ3v) is 3.81. The van der Waals surface area contributed by atoms with Gasteiger partial charge in [-0.15, -0.1) is 0 Å². The molecule has 0 aliphatic carbocycles. The minimum absolute atomic E-state index is 0.752. The van der Waals surface area contributed by atoms with E-state index in [0.29, 0.717) is 0 Å². The smallest absolute Gasteiger partial charge is 0.0961 e. The van der Waals surface area contributed by atoms with Crippen LogP contribution in [0.3, 0.4) is 0 Å². The summed E-state index contributed by atoms with van der Waals surface area (Å²) in [5.41, 5.74) is 1.19. The first-order valence-corrected chi connectivity index (χ1v) is 7.09. The minimum Gasteiger partial charge on any atom is -0.324 e. The Morgan fingerprint density at radius 2 is 1.89 bits per heavy atom. The highest BCUT2D eigenvalue weighted by Gasteiger charge is 2.20. The van der Waals surface area contributed by atoms with Crippen LogP contribution in [0, 0.1) is 0 Å². The molecule has 2 heterocycles. The minimum atomic E-state index is 0.752. The Kier molecular flexibility index (Phi) is 4.96. The maximum Gasteiger partial charge on any atom is 0.0961 e. The van der Waals surface area contributed by atoms with E-state index in [1.165, 1.54) is 31.6 Å². The molecule has 0 bridgehead atoms. The van der Waals surface area contributed by atoms with E-state index >= 15 is 0 Å². The van der Waals surface area contributed by atoms with Crippen molar-refractivity contribution in [2.45, 2.75) is 32.1 Å². The van der Waals surface area contributed by atoms with Crippen molar-refractivity contribution in [3.05, 3.63) is 18.2 Å². The summed E-state index contributed by atoms with van der Waals surface area (Å²) in [6, 6.07) is 0.752. The van der Waals surface area contributed by atoms with Crippen molar-refractivity contribution in [3.63, 3.8) is 0 Å². The lowest BCUT2D eigenvalue weighted by Gasteiger charge is -2.34. The molecule has 1 fully saturated rings. The summed E-state index contributed by atoms with van der Waals surface area (Å²) in [6.07, 6.45) is 6.64. The molecule has 1 aromatic rings. The SMILES string of the molecule is CN(C)Cn1cnc(CN2CCC(N(C)C)CC2)c1. The Labute approximate surface area is 116 Å². The van der Waals surface area contributed by atoms with Crippen LogP contribution in [0.25, 0.3) is 0 Å². The maximum absolute atomic E-state index is 4.50. The van der Waals surface area contributed by atoms with Crippen LogP contribution < -0.4 is 0 Å². The van der Waals surface area contributed by atoms with Gasteiger partial charge in [0.1, 0.15) is 0 Å². The molecule has 0 amide bonds. The lowest BCUT2D eigenvalue weighted by Crippen LogP contribution is -2.41. The van der Waals surface area contributed by atoms with Crippen LogP contribution in [0.4, 0.5) is 0 Å². The number of likely N-dealkylation sites (tertiary alicyclic amines) is 1. The van der Waals surface area contributed by atoms with E-state index in [-0.39, 0.29) is 0 Å². The van der Waals surface area contributed by atoms with Gasteiger partial charge in [-0.3, -0.25) is 9.80 Å². The van der Waals surface area contributed by atoms with Crippen molar-refractivity contribution in [3.8, 4) is 0 Å². The number of hydrogen-bond donors (Lipinski definition) is 0. The van der Waals surface area contributed by atoms with Gasteiger partial charge in [0.05, 0.1) is 18.7 Å². The fraction of sp³-hybridized carbons (Fsp3) is 0.786. The zero-order chi connectivity index (χ0) is 13.8. The molecule has 1 saturated heterocycles. The number of aromatic nitrogens is 2. The molecular formula is C14H27N5. The number of hydrogen-bond acceptors (Lipinski definition) is 4. The zero-order valence-corrected chi connectivity index (χ0v) is 12.7. The fourth-order valence-corrected chi connectivity index (χ4v) is 2.71. The van der Waals surface area contributed by atoms with Gasteiger partial charge in [-0.05, 0) is 41.0 Å². The van der Waals surface area contributed by atoms with E-state index in [9.17, 15) is 0 Å². The highest BCUT2D eigenvalue weighted by molar-refractivity contribution is 4.97. The first-order chi connectivity index (χ1) is 9.04. The second kappa shape index (κ2) is 6.50. The molecule has 5 heteroatoms. The average Bonchev–Trinajstić information content (AvgIpc) is 2.76. The van der Waals surface area contributed by atoms with E-state index in [1.54, 1.807) is 0 Å². The summed E-state index contributed by atoms with van der Waals surface area (Å²) in [6.45, 7) is 4.25. The molecule has 0 saturated carbocycles. The normalized spacial score (nSPS) is 18.6. The van der Waals surface area contributed by atoms with Crippen molar-refractivity contribution in [2.75, 3.05) is 41.3 Å². The molecule has 5 nitrogen and oxygen atoms in total. The predicted molar refractivity (Wildman–Crippen MR) is 77.9 cm³/mol. The first kappa shape index (κ1) is 14.5. The Bertz CT molecular complexity index is 377. The monoisotopic (exact) mass is 265 g/mol. The van der Waals surface area contributed by atoms with Crippen LogP contribution in [0.15, 0.2) is 12.5 Å². The summed E-state index contributed by atoms with van der Waals surface area (Å²) in [7, 11) is 8.52. The van der Waals surface area contributed by atoms with Crippen LogP contribution in [-0.2, 0) is 13.2 Å². The summed E-state index contributed by atoms with van der Waals surface area (Å²) in [5, 5.41) is 0. The van der Waals surface area contributed by atoms with Crippen molar-refractivity contribution in [2.24, 2.45) is 0 Å². The molecule has 1 aliphatic rings. The van der Waals surface area contributed by atoms with Gasteiger partial charge in [-0.25, -0.2) is 4.98 Å².